The number of nitrogens with one attached hydrogen (secondary N) is 1. The normalized spacial score (nSPS) is 10.5. The Balaban J connectivity index is 2.14. The van der Waals surface area contributed by atoms with Gasteiger partial charge in [-0.1, -0.05) is 6.92 Å². The lowest BCUT2D eigenvalue weighted by molar-refractivity contribution is 0.269. The molecule has 15 heavy (non-hydrogen) atoms. The van der Waals surface area contributed by atoms with Crippen LogP contribution in [0.5, 0.6) is 0 Å². The quantitative estimate of drug-likeness (QED) is 0.662. The van der Waals surface area contributed by atoms with E-state index >= 15 is 0 Å². The van der Waals surface area contributed by atoms with Gasteiger partial charge in [-0.05, 0) is 17.9 Å². The molecule has 0 aliphatic rings. The zero-order valence-electron chi connectivity index (χ0n) is 9.15. The Morgan fingerprint density at radius 1 is 1.60 bits per heavy atom. The van der Waals surface area contributed by atoms with Gasteiger partial charge in [0.25, 0.3) is 0 Å². The maximum atomic E-state index is 8.72. The summed E-state index contributed by atoms with van der Waals surface area (Å²) < 4.78 is 1.74. The predicted octanol–water partition coefficient (Wildman–Crippen LogP) is 1.43. The van der Waals surface area contributed by atoms with Crippen LogP contribution in [0.25, 0.3) is 0 Å². The van der Waals surface area contributed by atoms with Crippen LogP contribution in [0.2, 0.25) is 0 Å². The van der Waals surface area contributed by atoms with Crippen LogP contribution in [-0.4, -0.2) is 39.5 Å². The molecule has 0 aliphatic heterocycles. The number of hydrogen-bond acceptors (Lipinski definition) is 4. The first-order valence-electron chi connectivity index (χ1n) is 5.31. The molecule has 0 amide bonds. The first kappa shape index (κ1) is 12.4. The van der Waals surface area contributed by atoms with Crippen molar-refractivity contribution in [3.8, 4) is 0 Å². The highest BCUT2D eigenvalue weighted by Gasteiger charge is 1.96. The Hall–Kier alpha value is -0.680. The largest absolute Gasteiger partial charge is 0.394 e. The van der Waals surface area contributed by atoms with Crippen LogP contribution in [0, 0.1) is 0 Å². The molecule has 1 aromatic rings. The lowest BCUT2D eigenvalue weighted by Gasteiger charge is -2.02. The van der Waals surface area contributed by atoms with Gasteiger partial charge in [0, 0.05) is 12.7 Å². The monoisotopic (exact) mass is 229 g/mol. The van der Waals surface area contributed by atoms with E-state index in [9.17, 15) is 0 Å². The summed E-state index contributed by atoms with van der Waals surface area (Å²) in [5.41, 5.74) is 1.03. The maximum absolute atomic E-state index is 8.72. The second-order valence-electron chi connectivity index (χ2n) is 3.19. The summed E-state index contributed by atoms with van der Waals surface area (Å²) in [4.78, 5) is 0. The number of thioether (sulfide) groups is 1. The zero-order valence-corrected chi connectivity index (χ0v) is 9.96. The van der Waals surface area contributed by atoms with Crippen LogP contribution >= 0.6 is 11.8 Å². The van der Waals surface area contributed by atoms with Crippen molar-refractivity contribution in [2.75, 3.05) is 30.0 Å². The van der Waals surface area contributed by atoms with Crippen LogP contribution in [-0.2, 0) is 6.54 Å². The molecule has 0 unspecified atom stereocenters. The van der Waals surface area contributed by atoms with Crippen molar-refractivity contribution in [3.63, 3.8) is 0 Å². The SMILES string of the molecule is CCSCCCNc1cnn(CCO)c1. The molecule has 1 heterocycles. The number of aromatic nitrogens is 2. The van der Waals surface area contributed by atoms with E-state index in [-0.39, 0.29) is 6.61 Å². The van der Waals surface area contributed by atoms with Crippen molar-refractivity contribution in [2.24, 2.45) is 0 Å². The van der Waals surface area contributed by atoms with Crippen LogP contribution in [0.15, 0.2) is 12.4 Å². The van der Waals surface area contributed by atoms with Crippen molar-refractivity contribution in [1.29, 1.82) is 0 Å². The highest BCUT2D eigenvalue weighted by molar-refractivity contribution is 7.99. The molecule has 1 rings (SSSR count). The van der Waals surface area contributed by atoms with Crippen molar-refractivity contribution in [3.05, 3.63) is 12.4 Å². The van der Waals surface area contributed by atoms with Gasteiger partial charge in [-0.3, -0.25) is 4.68 Å². The van der Waals surface area contributed by atoms with Crippen molar-refractivity contribution in [1.82, 2.24) is 9.78 Å². The highest BCUT2D eigenvalue weighted by Crippen LogP contribution is 2.06. The van der Waals surface area contributed by atoms with Gasteiger partial charge in [-0.15, -0.1) is 0 Å². The fourth-order valence-electron chi connectivity index (χ4n) is 1.23. The molecule has 0 spiro atoms. The number of anilines is 1. The van der Waals surface area contributed by atoms with Gasteiger partial charge in [-0.2, -0.15) is 16.9 Å². The molecular formula is C10H19N3OS. The number of aliphatic hydroxyl groups excluding tert-OH is 1. The van der Waals surface area contributed by atoms with Gasteiger partial charge in [0.15, 0.2) is 0 Å². The number of rotatable bonds is 8. The maximum Gasteiger partial charge on any atom is 0.0726 e. The molecule has 0 atom stereocenters. The molecule has 0 radical (unpaired) electrons. The topological polar surface area (TPSA) is 50.1 Å². The minimum atomic E-state index is 0.133. The van der Waals surface area contributed by atoms with Crippen LogP contribution in [0.1, 0.15) is 13.3 Å². The standard InChI is InChI=1S/C10H19N3OS/c1-2-15-7-3-4-11-10-8-12-13(9-10)5-6-14/h8-9,11,14H,2-7H2,1H3. The van der Waals surface area contributed by atoms with E-state index in [2.05, 4.69) is 17.3 Å². The Morgan fingerprint density at radius 3 is 3.20 bits per heavy atom. The minimum absolute atomic E-state index is 0.133. The van der Waals surface area contributed by atoms with E-state index in [1.165, 1.54) is 17.9 Å². The van der Waals surface area contributed by atoms with Crippen LogP contribution in [0.4, 0.5) is 5.69 Å². The number of aliphatic hydroxyl groups is 1. The summed E-state index contributed by atoms with van der Waals surface area (Å²) in [7, 11) is 0. The van der Waals surface area contributed by atoms with E-state index in [0.29, 0.717) is 6.54 Å². The number of nitrogens with zero attached hydrogens (tertiary/aromatic N) is 2. The second-order valence-corrected chi connectivity index (χ2v) is 4.59. The smallest absolute Gasteiger partial charge is 0.0726 e. The fourth-order valence-corrected chi connectivity index (χ4v) is 1.87. The summed E-state index contributed by atoms with van der Waals surface area (Å²) in [5.74, 6) is 2.39. The summed E-state index contributed by atoms with van der Waals surface area (Å²) in [6, 6.07) is 0. The molecule has 0 bridgehead atoms. The first-order chi connectivity index (χ1) is 7.36. The molecule has 0 saturated carbocycles. The third kappa shape index (κ3) is 5.09. The van der Waals surface area contributed by atoms with Crippen molar-refractivity contribution >= 4 is 17.4 Å². The number of hydrogen-bond donors (Lipinski definition) is 2. The van der Waals surface area contributed by atoms with E-state index in [1.54, 1.807) is 10.9 Å². The van der Waals surface area contributed by atoms with Gasteiger partial charge >= 0.3 is 0 Å². The lowest BCUT2D eigenvalue weighted by Crippen LogP contribution is -2.03. The third-order valence-corrected chi connectivity index (χ3v) is 2.95. The molecule has 0 fully saturated rings. The van der Waals surface area contributed by atoms with Gasteiger partial charge in [0.2, 0.25) is 0 Å². The second kappa shape index (κ2) is 7.59. The average molecular weight is 229 g/mol. The Morgan fingerprint density at radius 2 is 2.47 bits per heavy atom. The minimum Gasteiger partial charge on any atom is -0.394 e. The average Bonchev–Trinajstić information content (AvgIpc) is 2.66. The summed E-state index contributed by atoms with van der Waals surface area (Å²) >= 11 is 1.96. The highest BCUT2D eigenvalue weighted by atomic mass is 32.2. The lowest BCUT2D eigenvalue weighted by atomic mass is 10.4. The zero-order chi connectivity index (χ0) is 10.9. The summed E-state index contributed by atoms with van der Waals surface area (Å²) in [6.45, 7) is 3.86. The summed E-state index contributed by atoms with van der Waals surface area (Å²) in [5, 5.41) is 16.1. The molecule has 2 N–H and O–H groups in total. The first-order valence-corrected chi connectivity index (χ1v) is 6.47. The van der Waals surface area contributed by atoms with E-state index in [4.69, 9.17) is 5.11 Å². The Kier molecular flexibility index (Phi) is 6.27. The molecule has 0 aromatic carbocycles. The van der Waals surface area contributed by atoms with E-state index in [0.717, 1.165) is 12.2 Å². The molecule has 0 aliphatic carbocycles. The van der Waals surface area contributed by atoms with Gasteiger partial charge < -0.3 is 10.4 Å². The Labute approximate surface area is 95.1 Å². The van der Waals surface area contributed by atoms with Crippen LogP contribution in [0.3, 0.4) is 0 Å². The summed E-state index contributed by atoms with van der Waals surface area (Å²) in [6.07, 6.45) is 4.88. The molecule has 86 valence electrons. The fraction of sp³-hybridized carbons (Fsp3) is 0.700. The third-order valence-electron chi connectivity index (χ3n) is 1.96. The van der Waals surface area contributed by atoms with Gasteiger partial charge in [0.05, 0.1) is 25.0 Å². The molecule has 0 saturated heterocycles. The molecule has 5 heteroatoms. The van der Waals surface area contributed by atoms with Gasteiger partial charge in [0.1, 0.15) is 0 Å². The molecule has 4 nitrogen and oxygen atoms in total. The molecule has 1 aromatic heterocycles. The molecular weight excluding hydrogens is 210 g/mol. The van der Waals surface area contributed by atoms with Crippen molar-refractivity contribution in [2.45, 2.75) is 19.9 Å². The predicted molar refractivity (Wildman–Crippen MR) is 65.4 cm³/mol. The van der Waals surface area contributed by atoms with E-state index in [1.807, 2.05) is 18.0 Å². The van der Waals surface area contributed by atoms with E-state index < -0.39 is 0 Å². The van der Waals surface area contributed by atoms with Crippen LogP contribution < -0.4 is 5.32 Å². The van der Waals surface area contributed by atoms with Crippen molar-refractivity contribution < 1.29 is 5.11 Å². The Bertz CT molecular complexity index is 265. The van der Waals surface area contributed by atoms with Gasteiger partial charge in [-0.25, -0.2) is 0 Å².